The molecule has 0 aliphatic carbocycles. The number of hydrogen-bond donors (Lipinski definition) is 0. The molecular weight excluding hydrogens is 405 g/mol. The summed E-state index contributed by atoms with van der Waals surface area (Å²) in [6.45, 7) is 3.42. The lowest BCUT2D eigenvalue weighted by molar-refractivity contribution is -0.122. The van der Waals surface area contributed by atoms with E-state index >= 15 is 0 Å². The van der Waals surface area contributed by atoms with Crippen LogP contribution in [-0.4, -0.2) is 55.3 Å². The number of fused-ring (bicyclic) bond motifs is 1. The molecular formula is C18H24FN3O4S2. The molecule has 7 nitrogen and oxygen atoms in total. The number of rotatable bonds is 6. The predicted octanol–water partition coefficient (Wildman–Crippen LogP) is 2.12. The standard InChI is InChI=1S/C18H24FN3O4S2/c1-3-26-12-11-21-16-13(19)7-6-9-15(16)27-18(21)20-17(23)14-8-4-5-10-22(14)28(2,24)25/h6-7,9,14H,3-5,8,10-12H2,1-2H3. The number of para-hydroxylation sites is 1. The van der Waals surface area contributed by atoms with Crippen molar-refractivity contribution in [3.05, 3.63) is 28.8 Å². The molecule has 154 valence electrons. The number of benzene rings is 1. The van der Waals surface area contributed by atoms with Gasteiger partial charge >= 0.3 is 0 Å². The highest BCUT2D eigenvalue weighted by Gasteiger charge is 2.34. The molecule has 10 heteroatoms. The Labute approximate surface area is 167 Å². The molecule has 2 heterocycles. The molecule has 1 aliphatic rings. The normalized spacial score (nSPS) is 19.4. The summed E-state index contributed by atoms with van der Waals surface area (Å²) in [6.07, 6.45) is 3.03. The van der Waals surface area contributed by atoms with E-state index in [0.717, 1.165) is 19.1 Å². The maximum atomic E-state index is 14.4. The first-order valence-corrected chi connectivity index (χ1v) is 11.9. The number of carbonyl (C=O) groups excluding carboxylic acids is 1. The van der Waals surface area contributed by atoms with Crippen LogP contribution < -0.4 is 4.80 Å². The van der Waals surface area contributed by atoms with Crippen LogP contribution in [0.1, 0.15) is 26.2 Å². The Morgan fingerprint density at radius 2 is 2.18 bits per heavy atom. The van der Waals surface area contributed by atoms with Gasteiger partial charge in [-0.25, -0.2) is 12.8 Å². The molecule has 1 amide bonds. The monoisotopic (exact) mass is 429 g/mol. The summed E-state index contributed by atoms with van der Waals surface area (Å²) in [5.41, 5.74) is 0.377. The molecule has 1 aliphatic heterocycles. The number of thiazole rings is 1. The molecule has 1 atom stereocenters. The van der Waals surface area contributed by atoms with Crippen molar-refractivity contribution < 1.29 is 22.3 Å². The third kappa shape index (κ3) is 4.51. The average Bonchev–Trinajstić information content (AvgIpc) is 3.00. The van der Waals surface area contributed by atoms with Crippen LogP contribution in [-0.2, 0) is 26.1 Å². The molecule has 28 heavy (non-hydrogen) atoms. The number of aromatic nitrogens is 1. The largest absolute Gasteiger partial charge is 0.380 e. The fourth-order valence-electron chi connectivity index (χ4n) is 3.40. The number of halogens is 1. The van der Waals surface area contributed by atoms with Crippen LogP contribution in [0.4, 0.5) is 4.39 Å². The Balaban J connectivity index is 2.03. The fourth-order valence-corrected chi connectivity index (χ4v) is 5.59. The highest BCUT2D eigenvalue weighted by molar-refractivity contribution is 7.88. The Bertz CT molecular complexity index is 1030. The van der Waals surface area contributed by atoms with E-state index in [1.807, 2.05) is 6.92 Å². The van der Waals surface area contributed by atoms with Gasteiger partial charge in [-0.05, 0) is 31.9 Å². The van der Waals surface area contributed by atoms with Gasteiger partial charge in [0.25, 0.3) is 5.91 Å². The van der Waals surface area contributed by atoms with Crippen LogP contribution in [0.5, 0.6) is 0 Å². The van der Waals surface area contributed by atoms with E-state index in [-0.39, 0.29) is 0 Å². The minimum Gasteiger partial charge on any atom is -0.380 e. The van der Waals surface area contributed by atoms with Crippen molar-refractivity contribution >= 4 is 37.5 Å². The Hall–Kier alpha value is -1.62. The lowest BCUT2D eigenvalue weighted by Gasteiger charge is -2.31. The molecule has 3 rings (SSSR count). The second-order valence-corrected chi connectivity index (χ2v) is 9.60. The van der Waals surface area contributed by atoms with Gasteiger partial charge < -0.3 is 9.30 Å². The number of amides is 1. The smallest absolute Gasteiger partial charge is 0.266 e. The maximum absolute atomic E-state index is 14.4. The molecule has 1 unspecified atom stereocenters. The van der Waals surface area contributed by atoms with Gasteiger partial charge in [-0.2, -0.15) is 9.30 Å². The number of hydrogen-bond acceptors (Lipinski definition) is 5. The van der Waals surface area contributed by atoms with Crippen molar-refractivity contribution in [1.29, 1.82) is 0 Å². The van der Waals surface area contributed by atoms with E-state index in [0.29, 0.717) is 47.7 Å². The quantitative estimate of drug-likeness (QED) is 0.659. The Kier molecular flexibility index (Phi) is 6.64. The summed E-state index contributed by atoms with van der Waals surface area (Å²) in [6, 6.07) is 3.94. The topological polar surface area (TPSA) is 81.0 Å². The van der Waals surface area contributed by atoms with Crippen molar-refractivity contribution in [3.8, 4) is 0 Å². The summed E-state index contributed by atoms with van der Waals surface area (Å²) in [5, 5.41) is 0. The number of sulfonamides is 1. The van der Waals surface area contributed by atoms with E-state index in [9.17, 15) is 17.6 Å². The van der Waals surface area contributed by atoms with E-state index in [2.05, 4.69) is 4.99 Å². The van der Waals surface area contributed by atoms with E-state index in [4.69, 9.17) is 4.74 Å². The summed E-state index contributed by atoms with van der Waals surface area (Å²) < 4.78 is 47.4. The first-order valence-electron chi connectivity index (χ1n) is 9.24. The van der Waals surface area contributed by atoms with Crippen LogP contribution in [0.15, 0.2) is 23.2 Å². The number of piperidine rings is 1. The molecule has 1 saturated heterocycles. The van der Waals surface area contributed by atoms with Crippen LogP contribution in [0, 0.1) is 5.82 Å². The van der Waals surface area contributed by atoms with Gasteiger partial charge in [-0.3, -0.25) is 4.79 Å². The van der Waals surface area contributed by atoms with Crippen molar-refractivity contribution in [2.75, 3.05) is 26.0 Å². The lowest BCUT2D eigenvalue weighted by Crippen LogP contribution is -2.47. The SMILES string of the molecule is CCOCCn1c(=NC(=O)C2CCCCN2S(C)(=O)=O)sc2cccc(F)c21. The van der Waals surface area contributed by atoms with E-state index in [1.54, 1.807) is 16.7 Å². The predicted molar refractivity (Wildman–Crippen MR) is 106 cm³/mol. The highest BCUT2D eigenvalue weighted by Crippen LogP contribution is 2.22. The molecule has 0 bridgehead atoms. The van der Waals surface area contributed by atoms with Crippen molar-refractivity contribution in [2.45, 2.75) is 38.8 Å². The molecule has 1 fully saturated rings. The second kappa shape index (κ2) is 8.81. The zero-order chi connectivity index (χ0) is 20.3. The first kappa shape index (κ1) is 21.1. The molecule has 0 N–H and O–H groups in total. The van der Waals surface area contributed by atoms with Crippen molar-refractivity contribution in [2.24, 2.45) is 4.99 Å². The van der Waals surface area contributed by atoms with Crippen LogP contribution >= 0.6 is 11.3 Å². The maximum Gasteiger partial charge on any atom is 0.266 e. The van der Waals surface area contributed by atoms with Gasteiger partial charge in [0.2, 0.25) is 10.0 Å². The highest BCUT2D eigenvalue weighted by atomic mass is 32.2. The third-order valence-electron chi connectivity index (χ3n) is 4.69. The molecule has 2 aromatic rings. The van der Waals surface area contributed by atoms with Gasteiger partial charge in [0.1, 0.15) is 11.9 Å². The molecule has 0 radical (unpaired) electrons. The minimum absolute atomic E-state index is 0.316. The fraction of sp³-hybridized carbons (Fsp3) is 0.556. The zero-order valence-corrected chi connectivity index (χ0v) is 17.6. The molecule has 0 spiro atoms. The second-order valence-electron chi connectivity index (χ2n) is 6.66. The summed E-state index contributed by atoms with van der Waals surface area (Å²) >= 11 is 1.21. The van der Waals surface area contributed by atoms with Crippen molar-refractivity contribution in [3.63, 3.8) is 0 Å². The first-order chi connectivity index (χ1) is 13.3. The number of ether oxygens (including phenoxy) is 1. The van der Waals surface area contributed by atoms with E-state index in [1.165, 1.54) is 21.7 Å². The molecule has 1 aromatic heterocycles. The molecule has 0 saturated carbocycles. The molecule has 1 aromatic carbocycles. The van der Waals surface area contributed by atoms with Gasteiger partial charge in [0.05, 0.1) is 23.1 Å². The Morgan fingerprint density at radius 3 is 2.89 bits per heavy atom. The van der Waals surface area contributed by atoms with E-state index < -0.39 is 27.8 Å². The zero-order valence-electron chi connectivity index (χ0n) is 15.9. The van der Waals surface area contributed by atoms with Crippen molar-refractivity contribution in [1.82, 2.24) is 8.87 Å². The number of nitrogens with zero attached hydrogens (tertiary/aromatic N) is 3. The van der Waals surface area contributed by atoms with Gasteiger partial charge in [-0.1, -0.05) is 23.8 Å². The van der Waals surface area contributed by atoms with Gasteiger partial charge in [0.15, 0.2) is 4.80 Å². The summed E-state index contributed by atoms with van der Waals surface area (Å²) in [7, 11) is -3.50. The average molecular weight is 430 g/mol. The third-order valence-corrected chi connectivity index (χ3v) is 7.02. The van der Waals surface area contributed by atoms with Crippen LogP contribution in [0.2, 0.25) is 0 Å². The van der Waals surface area contributed by atoms with Crippen LogP contribution in [0.25, 0.3) is 10.2 Å². The lowest BCUT2D eigenvalue weighted by atomic mass is 10.0. The number of carbonyl (C=O) groups is 1. The summed E-state index contributed by atoms with van der Waals surface area (Å²) in [4.78, 5) is 17.4. The Morgan fingerprint density at radius 1 is 1.39 bits per heavy atom. The van der Waals surface area contributed by atoms with Crippen LogP contribution in [0.3, 0.4) is 0 Å². The van der Waals surface area contributed by atoms with Gasteiger partial charge in [-0.15, -0.1) is 0 Å². The summed E-state index contributed by atoms with van der Waals surface area (Å²) in [5.74, 6) is -0.906. The van der Waals surface area contributed by atoms with Gasteiger partial charge in [0, 0.05) is 19.7 Å². The minimum atomic E-state index is -3.50.